The number of hydrogen-bond donors (Lipinski definition) is 1. The van der Waals surface area contributed by atoms with Crippen molar-refractivity contribution in [1.82, 2.24) is 5.32 Å². The van der Waals surface area contributed by atoms with Gasteiger partial charge in [0.2, 0.25) is 0 Å². The number of nitrogens with zero attached hydrogens (tertiary/aromatic N) is 1. The molecule has 1 aliphatic rings. The van der Waals surface area contributed by atoms with Gasteiger partial charge >= 0.3 is 0 Å². The number of ether oxygens (including phenoxy) is 1. The highest BCUT2D eigenvalue weighted by molar-refractivity contribution is 5.33. The summed E-state index contributed by atoms with van der Waals surface area (Å²) in [6, 6.07) is 9.86. The van der Waals surface area contributed by atoms with Gasteiger partial charge in [-0.1, -0.05) is 12.1 Å². The highest BCUT2D eigenvalue weighted by Gasteiger charge is 2.13. The Kier molecular flexibility index (Phi) is 3.33. The van der Waals surface area contributed by atoms with Crippen molar-refractivity contribution < 1.29 is 4.74 Å². The van der Waals surface area contributed by atoms with Crippen LogP contribution in [0.15, 0.2) is 24.3 Å². The smallest absolute Gasteiger partial charge is 0.0991 e. The lowest BCUT2D eigenvalue weighted by Gasteiger charge is -2.23. The predicted octanol–water partition coefficient (Wildman–Crippen LogP) is 1.09. The monoisotopic (exact) mass is 202 g/mol. The zero-order valence-electron chi connectivity index (χ0n) is 8.57. The van der Waals surface area contributed by atoms with Crippen molar-refractivity contribution in [1.29, 1.82) is 5.26 Å². The van der Waals surface area contributed by atoms with Crippen LogP contribution in [0.2, 0.25) is 0 Å². The van der Waals surface area contributed by atoms with Crippen molar-refractivity contribution >= 4 is 0 Å². The fourth-order valence-corrected chi connectivity index (χ4v) is 1.78. The van der Waals surface area contributed by atoms with E-state index in [1.165, 1.54) is 5.56 Å². The Labute approximate surface area is 89.7 Å². The lowest BCUT2D eigenvalue weighted by Crippen LogP contribution is -2.39. The Balaban J connectivity index is 2.00. The molecule has 0 bridgehead atoms. The molecule has 3 heteroatoms. The summed E-state index contributed by atoms with van der Waals surface area (Å²) >= 11 is 0. The van der Waals surface area contributed by atoms with E-state index in [9.17, 15) is 0 Å². The molecule has 0 amide bonds. The summed E-state index contributed by atoms with van der Waals surface area (Å²) < 4.78 is 5.61. The van der Waals surface area contributed by atoms with E-state index in [2.05, 4.69) is 11.4 Å². The molecule has 1 atom stereocenters. The quantitative estimate of drug-likeness (QED) is 0.780. The first-order valence-corrected chi connectivity index (χ1v) is 5.20. The third-order valence-corrected chi connectivity index (χ3v) is 2.52. The van der Waals surface area contributed by atoms with Gasteiger partial charge in [-0.2, -0.15) is 5.26 Å². The molecule has 2 rings (SSSR count). The fourth-order valence-electron chi connectivity index (χ4n) is 1.78. The molecule has 3 nitrogen and oxygen atoms in total. The molecule has 0 saturated carbocycles. The van der Waals surface area contributed by atoms with Gasteiger partial charge in [0.25, 0.3) is 0 Å². The Hall–Kier alpha value is -1.37. The Morgan fingerprint density at radius 2 is 2.47 bits per heavy atom. The summed E-state index contributed by atoms with van der Waals surface area (Å²) in [7, 11) is 0. The van der Waals surface area contributed by atoms with E-state index in [0.29, 0.717) is 0 Å². The highest BCUT2D eigenvalue weighted by atomic mass is 16.5. The third-order valence-electron chi connectivity index (χ3n) is 2.52. The molecule has 1 aliphatic heterocycles. The molecule has 0 radical (unpaired) electrons. The molecule has 1 unspecified atom stereocenters. The van der Waals surface area contributed by atoms with Crippen molar-refractivity contribution in [3.05, 3.63) is 35.4 Å². The molecule has 1 fully saturated rings. The topological polar surface area (TPSA) is 45.0 Å². The van der Waals surface area contributed by atoms with Crippen LogP contribution in [0, 0.1) is 11.3 Å². The van der Waals surface area contributed by atoms with Gasteiger partial charge in [-0.15, -0.1) is 0 Å². The van der Waals surface area contributed by atoms with Crippen LogP contribution >= 0.6 is 0 Å². The average molecular weight is 202 g/mol. The maximum absolute atomic E-state index is 8.77. The first kappa shape index (κ1) is 10.2. The minimum absolute atomic E-state index is 0.243. The fraction of sp³-hybridized carbons (Fsp3) is 0.417. The van der Waals surface area contributed by atoms with E-state index >= 15 is 0 Å². The molecule has 1 saturated heterocycles. The van der Waals surface area contributed by atoms with Crippen molar-refractivity contribution in [3.8, 4) is 6.07 Å². The van der Waals surface area contributed by atoms with Gasteiger partial charge in [-0.25, -0.2) is 0 Å². The van der Waals surface area contributed by atoms with Gasteiger partial charge in [0.15, 0.2) is 0 Å². The number of hydrogen-bond acceptors (Lipinski definition) is 3. The SMILES string of the molecule is N#Cc1cccc(CC2CNCCO2)c1. The van der Waals surface area contributed by atoms with Gasteiger partial charge < -0.3 is 10.1 Å². The number of morpholine rings is 1. The molecule has 1 aromatic rings. The molecular weight excluding hydrogens is 188 g/mol. The number of nitriles is 1. The van der Waals surface area contributed by atoms with E-state index in [1.54, 1.807) is 0 Å². The summed E-state index contributed by atoms with van der Waals surface area (Å²) in [5.74, 6) is 0. The van der Waals surface area contributed by atoms with Crippen LogP contribution in [0.5, 0.6) is 0 Å². The van der Waals surface area contributed by atoms with Gasteiger partial charge in [0.1, 0.15) is 0 Å². The van der Waals surface area contributed by atoms with Crippen molar-refractivity contribution in [3.63, 3.8) is 0 Å². The average Bonchev–Trinajstić information content (AvgIpc) is 2.31. The minimum Gasteiger partial charge on any atom is -0.375 e. The molecule has 1 aromatic carbocycles. The van der Waals surface area contributed by atoms with Crippen molar-refractivity contribution in [2.45, 2.75) is 12.5 Å². The maximum Gasteiger partial charge on any atom is 0.0991 e. The van der Waals surface area contributed by atoms with E-state index in [4.69, 9.17) is 10.00 Å². The number of nitrogens with one attached hydrogen (secondary N) is 1. The predicted molar refractivity (Wildman–Crippen MR) is 57.5 cm³/mol. The molecule has 0 aliphatic carbocycles. The zero-order chi connectivity index (χ0) is 10.5. The molecule has 15 heavy (non-hydrogen) atoms. The van der Waals surface area contributed by atoms with Crippen LogP contribution in [0.1, 0.15) is 11.1 Å². The van der Waals surface area contributed by atoms with Crippen LogP contribution in [-0.2, 0) is 11.2 Å². The number of benzene rings is 1. The zero-order valence-corrected chi connectivity index (χ0v) is 8.57. The minimum atomic E-state index is 0.243. The summed E-state index contributed by atoms with van der Waals surface area (Å²) in [4.78, 5) is 0. The van der Waals surface area contributed by atoms with Crippen LogP contribution in [0.3, 0.4) is 0 Å². The summed E-state index contributed by atoms with van der Waals surface area (Å²) in [5, 5.41) is 12.1. The second-order valence-electron chi connectivity index (χ2n) is 3.71. The molecule has 78 valence electrons. The van der Waals surface area contributed by atoms with E-state index < -0.39 is 0 Å². The van der Waals surface area contributed by atoms with Gasteiger partial charge in [-0.05, 0) is 24.1 Å². The van der Waals surface area contributed by atoms with Crippen molar-refractivity contribution in [2.75, 3.05) is 19.7 Å². The molecule has 0 spiro atoms. The van der Waals surface area contributed by atoms with Gasteiger partial charge in [-0.3, -0.25) is 0 Å². The normalized spacial score (nSPS) is 20.9. The lowest BCUT2D eigenvalue weighted by atomic mass is 10.0. The number of rotatable bonds is 2. The third kappa shape index (κ3) is 2.79. The van der Waals surface area contributed by atoms with E-state index in [0.717, 1.165) is 31.7 Å². The summed E-state index contributed by atoms with van der Waals surface area (Å²) in [5.41, 5.74) is 1.89. The second-order valence-corrected chi connectivity index (χ2v) is 3.71. The second kappa shape index (κ2) is 4.92. The molecule has 1 heterocycles. The molecule has 1 N–H and O–H groups in total. The van der Waals surface area contributed by atoms with Crippen LogP contribution < -0.4 is 5.32 Å². The van der Waals surface area contributed by atoms with E-state index in [1.807, 2.05) is 24.3 Å². The largest absolute Gasteiger partial charge is 0.375 e. The maximum atomic E-state index is 8.77. The van der Waals surface area contributed by atoms with Crippen LogP contribution in [0.4, 0.5) is 0 Å². The van der Waals surface area contributed by atoms with Crippen LogP contribution in [0.25, 0.3) is 0 Å². The first-order valence-electron chi connectivity index (χ1n) is 5.20. The highest BCUT2D eigenvalue weighted by Crippen LogP contribution is 2.09. The summed E-state index contributed by atoms with van der Waals surface area (Å²) in [6.07, 6.45) is 1.12. The molecular formula is C12H14N2O. The summed E-state index contributed by atoms with van der Waals surface area (Å²) in [6.45, 7) is 2.62. The first-order chi connectivity index (χ1) is 7.38. The Morgan fingerprint density at radius 1 is 1.53 bits per heavy atom. The van der Waals surface area contributed by atoms with Crippen molar-refractivity contribution in [2.24, 2.45) is 0 Å². The lowest BCUT2D eigenvalue weighted by molar-refractivity contribution is 0.0292. The Bertz CT molecular complexity index is 364. The van der Waals surface area contributed by atoms with Crippen LogP contribution in [-0.4, -0.2) is 25.8 Å². The molecule has 0 aromatic heterocycles. The van der Waals surface area contributed by atoms with Gasteiger partial charge in [0, 0.05) is 13.1 Å². The standard InChI is InChI=1S/C12H14N2O/c13-8-11-3-1-2-10(6-11)7-12-9-14-4-5-15-12/h1-3,6,12,14H,4-5,7,9H2. The van der Waals surface area contributed by atoms with Gasteiger partial charge in [0.05, 0.1) is 24.3 Å². The Morgan fingerprint density at radius 3 is 3.20 bits per heavy atom. The van der Waals surface area contributed by atoms with E-state index in [-0.39, 0.29) is 6.10 Å².